The summed E-state index contributed by atoms with van der Waals surface area (Å²) in [5.41, 5.74) is 0. The maximum Gasteiger partial charge on any atom is 0.245 e. The molecule has 1 aliphatic heterocycles. The quantitative estimate of drug-likeness (QED) is 0.768. The van der Waals surface area contributed by atoms with Gasteiger partial charge >= 0.3 is 0 Å². The predicted molar refractivity (Wildman–Crippen MR) is 96.6 cm³/mol. The van der Waals surface area contributed by atoms with Crippen molar-refractivity contribution in [3.05, 3.63) is 11.8 Å². The molecule has 2 heterocycles. The van der Waals surface area contributed by atoms with Gasteiger partial charge in [-0.15, -0.1) is 0 Å². The molecule has 0 bridgehead atoms. The summed E-state index contributed by atoms with van der Waals surface area (Å²) in [5.74, 6) is 1.45. The number of carbonyl (C=O) groups is 2. The van der Waals surface area contributed by atoms with Crippen molar-refractivity contribution in [1.82, 2.24) is 10.1 Å². The Labute approximate surface area is 154 Å². The molecule has 1 aromatic heterocycles. The van der Waals surface area contributed by atoms with Gasteiger partial charge in [-0.05, 0) is 32.1 Å². The van der Waals surface area contributed by atoms with Crippen LogP contribution in [0.3, 0.4) is 0 Å². The minimum Gasteiger partial charge on any atom is -0.376 e. The number of carbonyl (C=O) groups excluding carboxylic acids is 2. The van der Waals surface area contributed by atoms with Crippen molar-refractivity contribution in [2.75, 3.05) is 25.0 Å². The zero-order valence-corrected chi connectivity index (χ0v) is 15.5. The van der Waals surface area contributed by atoms with Crippen molar-refractivity contribution in [3.8, 4) is 0 Å². The van der Waals surface area contributed by atoms with Crippen molar-refractivity contribution in [2.45, 2.75) is 64.4 Å². The molecule has 1 aromatic rings. The Hall–Kier alpha value is -1.89. The number of aryl methyl sites for hydroxylation is 1. The Morgan fingerprint density at radius 1 is 1.27 bits per heavy atom. The Morgan fingerprint density at radius 3 is 2.73 bits per heavy atom. The zero-order chi connectivity index (χ0) is 18.4. The second kappa shape index (κ2) is 9.16. The van der Waals surface area contributed by atoms with E-state index in [0.717, 1.165) is 25.9 Å². The first-order chi connectivity index (χ1) is 12.6. The van der Waals surface area contributed by atoms with Crippen molar-refractivity contribution in [1.29, 1.82) is 0 Å². The van der Waals surface area contributed by atoms with E-state index in [2.05, 4.69) is 10.5 Å². The number of hydrogen-bond acceptors (Lipinski definition) is 5. The molecule has 144 valence electrons. The number of rotatable bonds is 8. The van der Waals surface area contributed by atoms with Crippen molar-refractivity contribution in [2.24, 2.45) is 5.92 Å². The van der Waals surface area contributed by atoms with Crippen molar-refractivity contribution >= 4 is 17.6 Å². The topological polar surface area (TPSA) is 84.7 Å². The molecule has 2 amide bonds. The molecule has 26 heavy (non-hydrogen) atoms. The SMILES string of the molecule is Cc1cc(NC(=O)CN(C[C@@H]2CCCO2)C(=O)CCC2CCCC2)no1. The van der Waals surface area contributed by atoms with Gasteiger partial charge in [-0.3, -0.25) is 9.59 Å². The standard InChI is InChI=1S/C19H29N3O4/c1-14-11-17(21-26-14)20-18(23)13-22(12-16-7-4-10-25-16)19(24)9-8-15-5-2-3-6-15/h11,15-16H,2-10,12-13H2,1H3,(H,20,21,23)/t16-/m0/s1. The van der Waals surface area contributed by atoms with Crippen LogP contribution in [0, 0.1) is 12.8 Å². The minimum absolute atomic E-state index is 0.0231. The van der Waals surface area contributed by atoms with Gasteiger partial charge < -0.3 is 19.5 Å². The first-order valence-corrected chi connectivity index (χ1v) is 9.72. The second-order valence-electron chi connectivity index (χ2n) is 7.47. The van der Waals surface area contributed by atoms with Crippen LogP contribution in [0.25, 0.3) is 0 Å². The number of hydrogen-bond donors (Lipinski definition) is 1. The molecule has 0 radical (unpaired) electrons. The smallest absolute Gasteiger partial charge is 0.245 e. The van der Waals surface area contributed by atoms with E-state index in [0.29, 0.717) is 30.5 Å². The molecule has 1 aliphatic carbocycles. The summed E-state index contributed by atoms with van der Waals surface area (Å²) in [4.78, 5) is 26.7. The lowest BCUT2D eigenvalue weighted by atomic mass is 10.0. The fourth-order valence-electron chi connectivity index (χ4n) is 3.85. The predicted octanol–water partition coefficient (Wildman–Crippen LogP) is 2.90. The first kappa shape index (κ1) is 18.9. The van der Waals surface area contributed by atoms with Gasteiger partial charge in [0.25, 0.3) is 0 Å². The molecular formula is C19H29N3O4. The fourth-order valence-corrected chi connectivity index (χ4v) is 3.85. The maximum absolute atomic E-state index is 12.7. The third-order valence-corrected chi connectivity index (χ3v) is 5.27. The molecule has 1 saturated carbocycles. The van der Waals surface area contributed by atoms with E-state index in [4.69, 9.17) is 9.26 Å². The Bertz CT molecular complexity index is 604. The Balaban J connectivity index is 1.54. The van der Waals surface area contributed by atoms with E-state index >= 15 is 0 Å². The number of anilines is 1. The van der Waals surface area contributed by atoms with E-state index in [1.165, 1.54) is 25.7 Å². The molecule has 0 spiro atoms. The highest BCUT2D eigenvalue weighted by Crippen LogP contribution is 2.28. The van der Waals surface area contributed by atoms with Crippen LogP contribution in [0.1, 0.15) is 57.1 Å². The van der Waals surface area contributed by atoms with Gasteiger partial charge in [0, 0.05) is 25.6 Å². The van der Waals surface area contributed by atoms with Crippen molar-refractivity contribution in [3.63, 3.8) is 0 Å². The van der Waals surface area contributed by atoms with Gasteiger partial charge in [0.1, 0.15) is 5.76 Å². The van der Waals surface area contributed by atoms with Gasteiger partial charge in [-0.2, -0.15) is 0 Å². The highest BCUT2D eigenvalue weighted by molar-refractivity contribution is 5.93. The van der Waals surface area contributed by atoms with Crippen LogP contribution in [-0.4, -0.2) is 47.7 Å². The van der Waals surface area contributed by atoms with E-state index in [1.807, 2.05) is 0 Å². The van der Waals surface area contributed by atoms with Crippen LogP contribution in [0.2, 0.25) is 0 Å². The van der Waals surface area contributed by atoms with Crippen LogP contribution < -0.4 is 5.32 Å². The first-order valence-electron chi connectivity index (χ1n) is 9.72. The Kier molecular flexibility index (Phi) is 6.66. The van der Waals surface area contributed by atoms with Crippen LogP contribution >= 0.6 is 0 Å². The summed E-state index contributed by atoms with van der Waals surface area (Å²) in [6, 6.07) is 1.66. The number of aromatic nitrogens is 1. The van der Waals surface area contributed by atoms with Gasteiger partial charge in [-0.1, -0.05) is 30.8 Å². The minimum atomic E-state index is -0.259. The van der Waals surface area contributed by atoms with Gasteiger partial charge in [0.05, 0.1) is 12.6 Å². The van der Waals surface area contributed by atoms with E-state index in [9.17, 15) is 9.59 Å². The molecule has 7 heteroatoms. The van der Waals surface area contributed by atoms with Crippen LogP contribution in [0.5, 0.6) is 0 Å². The van der Waals surface area contributed by atoms with Crippen molar-refractivity contribution < 1.29 is 18.8 Å². The lowest BCUT2D eigenvalue weighted by molar-refractivity contribution is -0.136. The normalized spacial score (nSPS) is 20.4. The molecule has 7 nitrogen and oxygen atoms in total. The summed E-state index contributed by atoms with van der Waals surface area (Å²) in [7, 11) is 0. The zero-order valence-electron chi connectivity index (χ0n) is 15.5. The highest BCUT2D eigenvalue weighted by atomic mass is 16.5. The molecule has 3 rings (SSSR count). The summed E-state index contributed by atoms with van der Waals surface area (Å²) >= 11 is 0. The number of amides is 2. The second-order valence-corrected chi connectivity index (χ2v) is 7.47. The van der Waals surface area contributed by atoms with Crippen LogP contribution in [0.15, 0.2) is 10.6 Å². The molecule has 2 aliphatic rings. The largest absolute Gasteiger partial charge is 0.376 e. The summed E-state index contributed by atoms with van der Waals surface area (Å²) in [6.45, 7) is 3.00. The molecule has 2 fully saturated rings. The summed E-state index contributed by atoms with van der Waals surface area (Å²) < 4.78 is 10.6. The third-order valence-electron chi connectivity index (χ3n) is 5.27. The monoisotopic (exact) mass is 363 g/mol. The molecule has 1 atom stereocenters. The summed E-state index contributed by atoms with van der Waals surface area (Å²) in [6.07, 6.45) is 8.42. The van der Waals surface area contributed by atoms with E-state index in [1.54, 1.807) is 17.9 Å². The lowest BCUT2D eigenvalue weighted by Gasteiger charge is -2.25. The fraction of sp³-hybridized carbons (Fsp3) is 0.737. The molecule has 0 aromatic carbocycles. The van der Waals surface area contributed by atoms with Gasteiger partial charge in [-0.25, -0.2) is 0 Å². The molecule has 1 N–H and O–H groups in total. The van der Waals surface area contributed by atoms with E-state index < -0.39 is 0 Å². The van der Waals surface area contributed by atoms with Crippen LogP contribution in [0.4, 0.5) is 5.82 Å². The molecular weight excluding hydrogens is 334 g/mol. The number of ether oxygens (including phenoxy) is 1. The maximum atomic E-state index is 12.7. The Morgan fingerprint density at radius 2 is 2.08 bits per heavy atom. The third kappa shape index (κ3) is 5.56. The van der Waals surface area contributed by atoms with Gasteiger partial charge in [0.15, 0.2) is 5.82 Å². The van der Waals surface area contributed by atoms with E-state index in [-0.39, 0.29) is 24.5 Å². The highest BCUT2D eigenvalue weighted by Gasteiger charge is 2.25. The van der Waals surface area contributed by atoms with Gasteiger partial charge in [0.2, 0.25) is 11.8 Å². The number of nitrogens with one attached hydrogen (secondary N) is 1. The lowest BCUT2D eigenvalue weighted by Crippen LogP contribution is -2.42. The molecule has 0 unspecified atom stereocenters. The summed E-state index contributed by atoms with van der Waals surface area (Å²) in [5, 5.41) is 6.46. The average molecular weight is 363 g/mol. The van der Waals surface area contributed by atoms with Crippen LogP contribution in [-0.2, 0) is 14.3 Å². The average Bonchev–Trinajstić information content (AvgIpc) is 3.35. The number of nitrogens with zero attached hydrogens (tertiary/aromatic N) is 2. The molecule has 1 saturated heterocycles.